The number of halogens is 1. The molecule has 1 unspecified atom stereocenters. The number of aryl methyl sites for hydroxylation is 1. The van der Waals surface area contributed by atoms with E-state index in [1.165, 1.54) is 0 Å². The largest absolute Gasteiger partial charge is 0.479 e. The molecular weight excluding hydrogens is 298 g/mol. The van der Waals surface area contributed by atoms with E-state index in [1.807, 2.05) is 0 Å². The predicted molar refractivity (Wildman–Crippen MR) is 81.6 cm³/mol. The van der Waals surface area contributed by atoms with E-state index in [1.54, 1.807) is 37.3 Å². The molecule has 1 aromatic heterocycles. The predicted octanol–water partition coefficient (Wildman–Crippen LogP) is 3.91. The third kappa shape index (κ3) is 3.11. The Morgan fingerprint density at radius 3 is 2.80 bits per heavy atom. The highest BCUT2D eigenvalue weighted by molar-refractivity contribution is 7.79. The highest BCUT2D eigenvalue weighted by atomic mass is 35.5. The van der Waals surface area contributed by atoms with Gasteiger partial charge in [0.25, 0.3) is 0 Å². The molecule has 20 heavy (non-hydrogen) atoms. The zero-order valence-corrected chi connectivity index (χ0v) is 12.4. The number of rotatable bonds is 5. The van der Waals surface area contributed by atoms with Crippen LogP contribution in [0.2, 0.25) is 5.02 Å². The lowest BCUT2D eigenvalue weighted by Gasteiger charge is -2.16. The normalized spacial score (nSPS) is 12.2. The smallest absolute Gasteiger partial charge is 0.334 e. The van der Waals surface area contributed by atoms with E-state index in [2.05, 4.69) is 17.9 Å². The first-order chi connectivity index (χ1) is 9.52. The van der Waals surface area contributed by atoms with Crippen LogP contribution in [-0.4, -0.2) is 11.1 Å². The van der Waals surface area contributed by atoms with Gasteiger partial charge in [0.2, 0.25) is 0 Å². The van der Waals surface area contributed by atoms with Crippen molar-refractivity contribution in [3.05, 3.63) is 52.4 Å². The molecule has 0 saturated carbocycles. The van der Waals surface area contributed by atoms with Gasteiger partial charge in [-0.25, -0.2) is 4.79 Å². The molecule has 106 valence electrons. The Bertz CT molecular complexity index is 627. The first-order valence-corrected chi connectivity index (χ1v) is 6.98. The van der Waals surface area contributed by atoms with Crippen LogP contribution < -0.4 is 5.32 Å². The highest BCUT2D eigenvalue weighted by Gasteiger charge is 2.27. The summed E-state index contributed by atoms with van der Waals surface area (Å²) in [5, 5.41) is 12.8. The van der Waals surface area contributed by atoms with Crippen molar-refractivity contribution >= 4 is 35.9 Å². The maximum absolute atomic E-state index is 11.5. The summed E-state index contributed by atoms with van der Waals surface area (Å²) in [6.07, 6.45) is 0. The molecule has 2 aromatic rings. The fourth-order valence-corrected chi connectivity index (χ4v) is 2.36. The maximum Gasteiger partial charge on any atom is 0.334 e. The topological polar surface area (TPSA) is 62.5 Å². The monoisotopic (exact) mass is 311 g/mol. The van der Waals surface area contributed by atoms with E-state index in [-0.39, 0.29) is 0 Å². The number of carbonyl (C=O) groups is 1. The number of benzene rings is 1. The van der Waals surface area contributed by atoms with Crippen LogP contribution in [0.5, 0.6) is 0 Å². The number of hydrogen-bond acceptors (Lipinski definition) is 4. The Balaban J connectivity index is 2.37. The van der Waals surface area contributed by atoms with Crippen molar-refractivity contribution in [2.24, 2.45) is 0 Å². The van der Waals surface area contributed by atoms with E-state index < -0.39 is 12.0 Å². The molecule has 1 aromatic carbocycles. The third-order valence-corrected chi connectivity index (χ3v) is 3.49. The molecule has 0 radical (unpaired) electrons. The van der Waals surface area contributed by atoms with Crippen molar-refractivity contribution in [3.8, 4) is 0 Å². The van der Waals surface area contributed by atoms with Crippen molar-refractivity contribution < 1.29 is 14.3 Å². The Kier molecular flexibility index (Phi) is 4.62. The van der Waals surface area contributed by atoms with Crippen molar-refractivity contribution in [2.45, 2.75) is 18.7 Å². The molecule has 2 N–H and O–H groups in total. The first-order valence-electron chi connectivity index (χ1n) is 5.97. The molecular formula is C14H14ClNO3S. The van der Waals surface area contributed by atoms with Crippen LogP contribution in [0.25, 0.3) is 0 Å². The van der Waals surface area contributed by atoms with Gasteiger partial charge in [-0.3, -0.25) is 0 Å². The Morgan fingerprint density at radius 2 is 2.20 bits per heavy atom. The van der Waals surface area contributed by atoms with Gasteiger partial charge in [0, 0.05) is 11.3 Å². The first kappa shape index (κ1) is 14.8. The summed E-state index contributed by atoms with van der Waals surface area (Å²) in [6.45, 7) is 1.77. The van der Waals surface area contributed by atoms with Gasteiger partial charge in [0.05, 0.1) is 10.7 Å². The standard InChI is InChI=1S/C14H14ClNO3S/c1-8-6-9(7-20)13(19-8)12(14(17)18)16-11-5-3-2-4-10(11)15/h2-6,12,16,20H,7H2,1H3,(H,17,18). The summed E-state index contributed by atoms with van der Waals surface area (Å²) in [5.41, 5.74) is 1.29. The Labute approximate surface area is 127 Å². The van der Waals surface area contributed by atoms with Crippen LogP contribution in [0.3, 0.4) is 0 Å². The molecule has 0 aliphatic heterocycles. The van der Waals surface area contributed by atoms with Crippen LogP contribution in [0.4, 0.5) is 5.69 Å². The molecule has 0 spiro atoms. The van der Waals surface area contributed by atoms with E-state index in [9.17, 15) is 9.90 Å². The molecule has 1 atom stereocenters. The molecule has 0 aliphatic rings. The number of para-hydroxylation sites is 1. The number of anilines is 1. The fourth-order valence-electron chi connectivity index (χ4n) is 1.93. The minimum atomic E-state index is -1.04. The Morgan fingerprint density at radius 1 is 1.50 bits per heavy atom. The summed E-state index contributed by atoms with van der Waals surface area (Å²) in [4.78, 5) is 11.5. The lowest BCUT2D eigenvalue weighted by molar-refractivity contribution is -0.138. The van der Waals surface area contributed by atoms with E-state index in [0.29, 0.717) is 28.0 Å². The second-order valence-corrected chi connectivity index (χ2v) is 5.02. The van der Waals surface area contributed by atoms with Gasteiger partial charge in [0.15, 0.2) is 6.04 Å². The average molecular weight is 312 g/mol. The maximum atomic E-state index is 11.5. The number of carboxylic acid groups (broad SMARTS) is 1. The van der Waals surface area contributed by atoms with Gasteiger partial charge in [-0.15, -0.1) is 0 Å². The van der Waals surface area contributed by atoms with Gasteiger partial charge < -0.3 is 14.8 Å². The summed E-state index contributed by atoms with van der Waals surface area (Å²) >= 11 is 10.2. The number of nitrogens with one attached hydrogen (secondary N) is 1. The molecule has 0 fully saturated rings. The molecule has 0 bridgehead atoms. The van der Waals surface area contributed by atoms with Gasteiger partial charge in [-0.2, -0.15) is 12.6 Å². The van der Waals surface area contributed by atoms with E-state index >= 15 is 0 Å². The van der Waals surface area contributed by atoms with Crippen LogP contribution in [-0.2, 0) is 10.5 Å². The third-order valence-electron chi connectivity index (χ3n) is 2.82. The SMILES string of the molecule is Cc1cc(CS)c(C(Nc2ccccc2Cl)C(=O)O)o1. The molecule has 0 saturated heterocycles. The minimum absolute atomic E-state index is 0.352. The zero-order valence-electron chi connectivity index (χ0n) is 10.8. The average Bonchev–Trinajstić information content (AvgIpc) is 2.78. The summed E-state index contributed by atoms with van der Waals surface area (Å²) in [5.74, 6) is 0.365. The second kappa shape index (κ2) is 6.24. The van der Waals surface area contributed by atoms with Crippen LogP contribution in [0.1, 0.15) is 23.1 Å². The van der Waals surface area contributed by atoms with Crippen LogP contribution >= 0.6 is 24.2 Å². The number of carboxylic acids is 1. The lowest BCUT2D eigenvalue weighted by Crippen LogP contribution is -2.21. The highest BCUT2D eigenvalue weighted by Crippen LogP contribution is 2.30. The Hall–Kier alpha value is -1.59. The molecule has 6 heteroatoms. The molecule has 0 aliphatic carbocycles. The number of thiol groups is 1. The second-order valence-electron chi connectivity index (χ2n) is 4.30. The zero-order chi connectivity index (χ0) is 14.7. The van der Waals surface area contributed by atoms with Crippen LogP contribution in [0, 0.1) is 6.92 Å². The number of furan rings is 1. The van der Waals surface area contributed by atoms with Crippen molar-refractivity contribution in [3.63, 3.8) is 0 Å². The summed E-state index contributed by atoms with van der Waals surface area (Å²) in [7, 11) is 0. The van der Waals surface area contributed by atoms with E-state index in [0.717, 1.165) is 5.56 Å². The number of hydrogen-bond donors (Lipinski definition) is 3. The quantitative estimate of drug-likeness (QED) is 0.733. The van der Waals surface area contributed by atoms with Gasteiger partial charge in [0.1, 0.15) is 11.5 Å². The van der Waals surface area contributed by atoms with Gasteiger partial charge in [-0.05, 0) is 25.1 Å². The molecule has 0 amide bonds. The van der Waals surface area contributed by atoms with E-state index in [4.69, 9.17) is 16.0 Å². The van der Waals surface area contributed by atoms with Crippen molar-refractivity contribution in [2.75, 3.05) is 5.32 Å². The van der Waals surface area contributed by atoms with Crippen molar-refractivity contribution in [1.29, 1.82) is 0 Å². The molecule has 4 nitrogen and oxygen atoms in total. The molecule has 2 rings (SSSR count). The lowest BCUT2D eigenvalue weighted by atomic mass is 10.1. The molecule has 1 heterocycles. The van der Waals surface area contributed by atoms with Crippen molar-refractivity contribution in [1.82, 2.24) is 0 Å². The summed E-state index contributed by atoms with van der Waals surface area (Å²) < 4.78 is 5.51. The summed E-state index contributed by atoms with van der Waals surface area (Å²) in [6, 6.07) is 7.74. The van der Waals surface area contributed by atoms with Gasteiger partial charge >= 0.3 is 5.97 Å². The van der Waals surface area contributed by atoms with Gasteiger partial charge in [-0.1, -0.05) is 23.7 Å². The minimum Gasteiger partial charge on any atom is -0.479 e. The fraction of sp³-hybridized carbons (Fsp3) is 0.214. The van der Waals surface area contributed by atoms with Crippen LogP contribution in [0.15, 0.2) is 34.7 Å². The number of aliphatic carboxylic acids is 1.